The molecule has 0 bridgehead atoms. The number of hydrogen-bond acceptors (Lipinski definition) is 2. The van der Waals surface area contributed by atoms with Gasteiger partial charge in [0.05, 0.1) is 6.10 Å². The van der Waals surface area contributed by atoms with Crippen LogP contribution in [0.15, 0.2) is 0 Å². The van der Waals surface area contributed by atoms with E-state index in [1.54, 1.807) is 0 Å². The molecule has 0 amide bonds. The van der Waals surface area contributed by atoms with Gasteiger partial charge in [-0.25, -0.2) is 0 Å². The van der Waals surface area contributed by atoms with Crippen molar-refractivity contribution in [3.8, 4) is 0 Å². The first-order valence-corrected chi connectivity index (χ1v) is 6.06. The van der Waals surface area contributed by atoms with Crippen molar-refractivity contribution in [3.05, 3.63) is 0 Å². The molecular weight excluding hydrogens is 198 g/mol. The quantitative estimate of drug-likeness (QED) is 0.734. The standard InChI is InChI=1S/C11H22ClNO/c1-8-4-9(2)10(3)13(6-8)7-11(14)5-12/h8-11,14H,4-7H2,1-3H3. The molecule has 1 rings (SSSR count). The number of rotatable bonds is 3. The fraction of sp³-hybridized carbons (Fsp3) is 1.00. The Balaban J connectivity index is 2.49. The predicted octanol–water partition coefficient (Wildman–Crippen LogP) is 1.95. The van der Waals surface area contributed by atoms with Crippen LogP contribution in [-0.4, -0.2) is 41.1 Å². The Morgan fingerprint density at radius 3 is 2.64 bits per heavy atom. The fourth-order valence-electron chi connectivity index (χ4n) is 2.39. The zero-order valence-electron chi connectivity index (χ0n) is 9.41. The van der Waals surface area contributed by atoms with E-state index in [-0.39, 0.29) is 6.10 Å². The van der Waals surface area contributed by atoms with Crippen LogP contribution in [0.25, 0.3) is 0 Å². The van der Waals surface area contributed by atoms with Crippen molar-refractivity contribution in [3.63, 3.8) is 0 Å². The van der Waals surface area contributed by atoms with E-state index in [1.165, 1.54) is 6.42 Å². The van der Waals surface area contributed by atoms with Gasteiger partial charge in [-0.15, -0.1) is 11.6 Å². The maximum Gasteiger partial charge on any atom is 0.0802 e. The van der Waals surface area contributed by atoms with E-state index in [0.717, 1.165) is 24.9 Å². The van der Waals surface area contributed by atoms with Gasteiger partial charge in [0.25, 0.3) is 0 Å². The van der Waals surface area contributed by atoms with Crippen LogP contribution in [0.2, 0.25) is 0 Å². The van der Waals surface area contributed by atoms with Gasteiger partial charge in [0.2, 0.25) is 0 Å². The van der Waals surface area contributed by atoms with Gasteiger partial charge in [0.15, 0.2) is 0 Å². The lowest BCUT2D eigenvalue weighted by Gasteiger charge is -2.41. The number of nitrogens with zero attached hydrogens (tertiary/aromatic N) is 1. The highest BCUT2D eigenvalue weighted by atomic mass is 35.5. The molecule has 1 heterocycles. The van der Waals surface area contributed by atoms with Gasteiger partial charge in [0.1, 0.15) is 0 Å². The van der Waals surface area contributed by atoms with Crippen molar-refractivity contribution >= 4 is 11.6 Å². The lowest BCUT2D eigenvalue weighted by molar-refractivity contribution is 0.0391. The number of halogens is 1. The van der Waals surface area contributed by atoms with Crippen LogP contribution >= 0.6 is 11.6 Å². The van der Waals surface area contributed by atoms with Gasteiger partial charge < -0.3 is 5.11 Å². The minimum Gasteiger partial charge on any atom is -0.391 e. The van der Waals surface area contributed by atoms with Crippen molar-refractivity contribution < 1.29 is 5.11 Å². The number of likely N-dealkylation sites (tertiary alicyclic amines) is 1. The van der Waals surface area contributed by atoms with Crippen molar-refractivity contribution in [2.45, 2.75) is 39.3 Å². The largest absolute Gasteiger partial charge is 0.391 e. The second kappa shape index (κ2) is 5.34. The van der Waals surface area contributed by atoms with Crippen LogP contribution in [0.5, 0.6) is 0 Å². The Labute approximate surface area is 92.2 Å². The third-order valence-electron chi connectivity index (χ3n) is 3.34. The van der Waals surface area contributed by atoms with E-state index in [0.29, 0.717) is 11.9 Å². The average molecular weight is 220 g/mol. The smallest absolute Gasteiger partial charge is 0.0802 e. The average Bonchev–Trinajstić information content (AvgIpc) is 2.13. The van der Waals surface area contributed by atoms with Gasteiger partial charge in [0, 0.05) is 25.0 Å². The summed E-state index contributed by atoms with van der Waals surface area (Å²) in [6.07, 6.45) is 0.922. The highest BCUT2D eigenvalue weighted by molar-refractivity contribution is 6.18. The molecule has 1 fully saturated rings. The molecule has 1 N–H and O–H groups in total. The molecule has 1 saturated heterocycles. The Bertz CT molecular complexity index is 177. The van der Waals surface area contributed by atoms with E-state index >= 15 is 0 Å². The molecule has 1 aliphatic heterocycles. The highest BCUT2D eigenvalue weighted by Crippen LogP contribution is 2.26. The van der Waals surface area contributed by atoms with Crippen LogP contribution in [0.1, 0.15) is 27.2 Å². The lowest BCUT2D eigenvalue weighted by Crippen LogP contribution is -2.48. The number of alkyl halides is 1. The van der Waals surface area contributed by atoms with Crippen LogP contribution in [0.3, 0.4) is 0 Å². The Hall–Kier alpha value is 0.210. The van der Waals surface area contributed by atoms with E-state index in [1.807, 2.05) is 0 Å². The SMILES string of the molecule is CC1CC(C)C(C)N(CC(O)CCl)C1. The van der Waals surface area contributed by atoms with E-state index < -0.39 is 0 Å². The van der Waals surface area contributed by atoms with E-state index in [2.05, 4.69) is 25.7 Å². The Kier molecular flexibility index (Phi) is 4.68. The number of piperidine rings is 1. The van der Waals surface area contributed by atoms with Crippen molar-refractivity contribution in [2.24, 2.45) is 11.8 Å². The van der Waals surface area contributed by atoms with Gasteiger partial charge >= 0.3 is 0 Å². The monoisotopic (exact) mass is 219 g/mol. The van der Waals surface area contributed by atoms with Crippen molar-refractivity contribution in [2.75, 3.05) is 19.0 Å². The molecule has 4 unspecified atom stereocenters. The zero-order valence-corrected chi connectivity index (χ0v) is 10.2. The summed E-state index contributed by atoms with van der Waals surface area (Å²) in [6.45, 7) is 8.64. The molecule has 4 atom stereocenters. The van der Waals surface area contributed by atoms with Gasteiger partial charge in [-0.05, 0) is 25.2 Å². The first-order chi connectivity index (χ1) is 6.54. The van der Waals surface area contributed by atoms with E-state index in [9.17, 15) is 5.11 Å². The first kappa shape index (κ1) is 12.3. The molecule has 0 aromatic carbocycles. The Morgan fingerprint density at radius 1 is 1.43 bits per heavy atom. The summed E-state index contributed by atoms with van der Waals surface area (Å²) in [7, 11) is 0. The maximum atomic E-state index is 9.53. The summed E-state index contributed by atoms with van der Waals surface area (Å²) in [5.74, 6) is 1.80. The number of aliphatic hydroxyl groups excluding tert-OH is 1. The van der Waals surface area contributed by atoms with Crippen LogP contribution < -0.4 is 0 Å². The minimum absolute atomic E-state index is 0.339. The summed E-state index contributed by atoms with van der Waals surface area (Å²) < 4.78 is 0. The summed E-state index contributed by atoms with van der Waals surface area (Å²) in [5, 5.41) is 9.53. The second-order valence-electron chi connectivity index (χ2n) is 4.82. The lowest BCUT2D eigenvalue weighted by atomic mass is 9.86. The van der Waals surface area contributed by atoms with Crippen LogP contribution in [-0.2, 0) is 0 Å². The molecule has 0 spiro atoms. The van der Waals surface area contributed by atoms with Gasteiger partial charge in [-0.1, -0.05) is 13.8 Å². The molecule has 0 radical (unpaired) electrons. The van der Waals surface area contributed by atoms with E-state index in [4.69, 9.17) is 11.6 Å². The number of β-amino-alcohol motifs (C(OH)–C–C–N with tert-alkyl or cyclic N) is 1. The number of aliphatic hydroxyl groups is 1. The molecule has 84 valence electrons. The molecule has 0 aliphatic carbocycles. The van der Waals surface area contributed by atoms with Gasteiger partial charge in [-0.2, -0.15) is 0 Å². The topological polar surface area (TPSA) is 23.5 Å². The molecule has 3 heteroatoms. The molecule has 1 aliphatic rings. The van der Waals surface area contributed by atoms with Crippen molar-refractivity contribution in [1.29, 1.82) is 0 Å². The predicted molar refractivity (Wildman–Crippen MR) is 60.7 cm³/mol. The summed E-state index contributed by atoms with van der Waals surface area (Å²) in [5.41, 5.74) is 0. The third kappa shape index (κ3) is 3.11. The minimum atomic E-state index is -0.378. The molecular formula is C11H22ClNO. The molecule has 0 aromatic rings. The molecule has 0 saturated carbocycles. The van der Waals surface area contributed by atoms with Crippen molar-refractivity contribution in [1.82, 2.24) is 4.90 Å². The molecule has 0 aromatic heterocycles. The fourth-order valence-corrected chi connectivity index (χ4v) is 2.49. The zero-order chi connectivity index (χ0) is 10.7. The third-order valence-corrected chi connectivity index (χ3v) is 3.70. The Morgan fingerprint density at radius 2 is 2.07 bits per heavy atom. The molecule has 14 heavy (non-hydrogen) atoms. The summed E-state index contributed by atoms with van der Waals surface area (Å²) >= 11 is 5.62. The van der Waals surface area contributed by atoms with Crippen LogP contribution in [0.4, 0.5) is 0 Å². The summed E-state index contributed by atoms with van der Waals surface area (Å²) in [6, 6.07) is 0.573. The molecule has 2 nitrogen and oxygen atoms in total. The maximum absolute atomic E-state index is 9.53. The summed E-state index contributed by atoms with van der Waals surface area (Å²) in [4.78, 5) is 2.37. The number of hydrogen-bond donors (Lipinski definition) is 1. The highest BCUT2D eigenvalue weighted by Gasteiger charge is 2.29. The second-order valence-corrected chi connectivity index (χ2v) is 5.13. The van der Waals surface area contributed by atoms with Gasteiger partial charge in [-0.3, -0.25) is 4.90 Å². The van der Waals surface area contributed by atoms with Crippen LogP contribution in [0, 0.1) is 11.8 Å². The normalized spacial score (nSPS) is 37.1. The first-order valence-electron chi connectivity index (χ1n) is 5.52.